The summed E-state index contributed by atoms with van der Waals surface area (Å²) in [7, 11) is -3.42. The van der Waals surface area contributed by atoms with E-state index in [1.54, 1.807) is 28.2 Å². The Kier molecular flexibility index (Phi) is 5.55. The molecule has 0 radical (unpaired) electrons. The van der Waals surface area contributed by atoms with Crippen LogP contribution in [0.25, 0.3) is 0 Å². The van der Waals surface area contributed by atoms with Crippen molar-refractivity contribution in [3.05, 3.63) is 59.1 Å². The molecule has 1 saturated heterocycles. The van der Waals surface area contributed by atoms with E-state index in [0.29, 0.717) is 16.5 Å². The van der Waals surface area contributed by atoms with Gasteiger partial charge in [0.1, 0.15) is 0 Å². The lowest BCUT2D eigenvalue weighted by atomic mass is 10.2. The van der Waals surface area contributed by atoms with Crippen LogP contribution in [0, 0.1) is 6.92 Å². The summed E-state index contributed by atoms with van der Waals surface area (Å²) in [5.41, 5.74) is 1.06. The van der Waals surface area contributed by atoms with Crippen molar-refractivity contribution in [1.29, 1.82) is 0 Å². The maximum absolute atomic E-state index is 12.9. The summed E-state index contributed by atoms with van der Waals surface area (Å²) in [6.07, 6.45) is 1.82. The Balaban J connectivity index is 1.72. The lowest BCUT2D eigenvalue weighted by Crippen LogP contribution is -2.36. The minimum absolute atomic E-state index is 0.0389. The zero-order valence-electron chi connectivity index (χ0n) is 13.5. The molecule has 1 aliphatic rings. The third kappa shape index (κ3) is 3.97. The fraction of sp³-hybridized carbons (Fsp3) is 0.333. The molecule has 1 fully saturated rings. The van der Waals surface area contributed by atoms with Crippen molar-refractivity contribution in [2.45, 2.75) is 35.6 Å². The lowest BCUT2D eigenvalue weighted by Gasteiger charge is -2.24. The van der Waals surface area contributed by atoms with Crippen LogP contribution < -0.4 is 0 Å². The fourth-order valence-electron chi connectivity index (χ4n) is 2.86. The van der Waals surface area contributed by atoms with Crippen LogP contribution in [0.2, 0.25) is 5.02 Å². The summed E-state index contributed by atoms with van der Waals surface area (Å²) in [5.74, 6) is 0.757. The first-order chi connectivity index (χ1) is 11.5. The molecule has 0 amide bonds. The van der Waals surface area contributed by atoms with Crippen molar-refractivity contribution < 1.29 is 8.42 Å². The average molecular weight is 382 g/mol. The van der Waals surface area contributed by atoms with E-state index in [1.165, 1.54) is 0 Å². The van der Waals surface area contributed by atoms with Crippen LogP contribution in [0.1, 0.15) is 18.4 Å². The van der Waals surface area contributed by atoms with E-state index in [0.717, 1.165) is 29.1 Å². The summed E-state index contributed by atoms with van der Waals surface area (Å²) in [6.45, 7) is 2.56. The van der Waals surface area contributed by atoms with Gasteiger partial charge >= 0.3 is 0 Å². The summed E-state index contributed by atoms with van der Waals surface area (Å²) < 4.78 is 27.5. The van der Waals surface area contributed by atoms with Gasteiger partial charge in [0.15, 0.2) is 0 Å². The molecular weight excluding hydrogens is 362 g/mol. The molecular formula is C18H20ClNO2S2. The summed E-state index contributed by atoms with van der Waals surface area (Å²) in [6, 6.07) is 14.8. The van der Waals surface area contributed by atoms with Crippen molar-refractivity contribution in [1.82, 2.24) is 4.31 Å². The van der Waals surface area contributed by atoms with Crippen molar-refractivity contribution in [2.75, 3.05) is 12.3 Å². The van der Waals surface area contributed by atoms with E-state index in [9.17, 15) is 8.42 Å². The topological polar surface area (TPSA) is 37.4 Å². The van der Waals surface area contributed by atoms with Gasteiger partial charge in [0.25, 0.3) is 0 Å². The Morgan fingerprint density at radius 3 is 2.46 bits per heavy atom. The van der Waals surface area contributed by atoms with Crippen molar-refractivity contribution >= 4 is 33.4 Å². The molecule has 0 bridgehead atoms. The summed E-state index contributed by atoms with van der Waals surface area (Å²) >= 11 is 7.58. The fourth-order valence-corrected chi connectivity index (χ4v) is 5.83. The van der Waals surface area contributed by atoms with Crippen LogP contribution >= 0.6 is 23.4 Å². The molecule has 24 heavy (non-hydrogen) atoms. The molecule has 6 heteroatoms. The third-order valence-corrected chi connectivity index (χ3v) is 7.58. The molecule has 3 nitrogen and oxygen atoms in total. The number of benzene rings is 2. The smallest absolute Gasteiger partial charge is 0.207 e. The average Bonchev–Trinajstić information content (AvgIpc) is 3.04. The van der Waals surface area contributed by atoms with Gasteiger partial charge in [-0.15, -0.1) is 11.8 Å². The molecule has 0 N–H and O–H groups in total. The van der Waals surface area contributed by atoms with Gasteiger partial charge in [-0.3, -0.25) is 0 Å². The number of halogens is 1. The molecule has 1 aliphatic heterocycles. The number of sulfonamides is 1. The van der Waals surface area contributed by atoms with Gasteiger partial charge < -0.3 is 0 Å². The molecule has 0 aliphatic carbocycles. The zero-order chi connectivity index (χ0) is 17.2. The quantitative estimate of drug-likeness (QED) is 0.710. The van der Waals surface area contributed by atoms with E-state index in [-0.39, 0.29) is 6.04 Å². The molecule has 2 aromatic carbocycles. The van der Waals surface area contributed by atoms with Gasteiger partial charge in [-0.1, -0.05) is 29.3 Å². The Morgan fingerprint density at radius 1 is 1.12 bits per heavy atom. The van der Waals surface area contributed by atoms with Crippen LogP contribution in [-0.4, -0.2) is 31.1 Å². The Morgan fingerprint density at radius 2 is 1.79 bits per heavy atom. The molecule has 0 saturated carbocycles. The predicted octanol–water partition coefficient (Wildman–Crippen LogP) is 4.59. The largest absolute Gasteiger partial charge is 0.243 e. The Labute approximate surface area is 153 Å². The molecule has 3 rings (SSSR count). The third-order valence-electron chi connectivity index (χ3n) is 4.21. The van der Waals surface area contributed by atoms with Gasteiger partial charge in [-0.05, 0) is 56.2 Å². The number of aryl methyl sites for hydroxylation is 1. The van der Waals surface area contributed by atoms with Gasteiger partial charge in [-0.2, -0.15) is 4.31 Å². The van der Waals surface area contributed by atoms with Gasteiger partial charge in [-0.25, -0.2) is 8.42 Å². The monoisotopic (exact) mass is 381 g/mol. The molecule has 128 valence electrons. The minimum atomic E-state index is -3.42. The minimum Gasteiger partial charge on any atom is -0.207 e. The molecule has 2 aromatic rings. The van der Waals surface area contributed by atoms with Gasteiger partial charge in [0.05, 0.1) is 4.90 Å². The standard InChI is InChI=1S/C18H20ClNO2S2/c1-14-4-10-18(11-5-14)24(21,22)20-12-2-3-16(20)13-23-17-8-6-15(19)7-9-17/h4-11,16H,2-3,12-13H2,1H3/t16-/m0/s1. The second-order valence-electron chi connectivity index (χ2n) is 5.99. The van der Waals surface area contributed by atoms with E-state index in [4.69, 9.17) is 11.6 Å². The Hall–Kier alpha value is -1.01. The van der Waals surface area contributed by atoms with Crippen molar-refractivity contribution in [2.24, 2.45) is 0 Å². The summed E-state index contributed by atoms with van der Waals surface area (Å²) in [5, 5.41) is 0.712. The van der Waals surface area contributed by atoms with Crippen molar-refractivity contribution in [3.63, 3.8) is 0 Å². The second kappa shape index (κ2) is 7.48. The number of rotatable bonds is 5. The highest BCUT2D eigenvalue weighted by Crippen LogP contribution is 2.30. The maximum Gasteiger partial charge on any atom is 0.243 e. The number of nitrogens with zero attached hydrogens (tertiary/aromatic N) is 1. The van der Waals surface area contributed by atoms with E-state index in [1.807, 2.05) is 43.3 Å². The SMILES string of the molecule is Cc1ccc(S(=O)(=O)N2CCC[C@H]2CSc2ccc(Cl)cc2)cc1. The first kappa shape index (κ1) is 17.8. The first-order valence-electron chi connectivity index (χ1n) is 7.94. The van der Waals surface area contributed by atoms with Crippen LogP contribution in [0.15, 0.2) is 58.3 Å². The van der Waals surface area contributed by atoms with E-state index >= 15 is 0 Å². The zero-order valence-corrected chi connectivity index (χ0v) is 15.9. The number of thioether (sulfide) groups is 1. The van der Waals surface area contributed by atoms with Crippen LogP contribution in [-0.2, 0) is 10.0 Å². The summed E-state index contributed by atoms with van der Waals surface area (Å²) in [4.78, 5) is 1.50. The molecule has 0 aromatic heterocycles. The predicted molar refractivity (Wildman–Crippen MR) is 100 cm³/mol. The second-order valence-corrected chi connectivity index (χ2v) is 9.41. The number of hydrogen-bond acceptors (Lipinski definition) is 3. The van der Waals surface area contributed by atoms with Crippen molar-refractivity contribution in [3.8, 4) is 0 Å². The van der Waals surface area contributed by atoms with Crippen LogP contribution in [0.3, 0.4) is 0 Å². The van der Waals surface area contributed by atoms with E-state index < -0.39 is 10.0 Å². The van der Waals surface area contributed by atoms with Crippen LogP contribution in [0.5, 0.6) is 0 Å². The maximum atomic E-state index is 12.9. The van der Waals surface area contributed by atoms with E-state index in [2.05, 4.69) is 0 Å². The molecule has 0 spiro atoms. The first-order valence-corrected chi connectivity index (χ1v) is 10.7. The lowest BCUT2D eigenvalue weighted by molar-refractivity contribution is 0.412. The van der Waals surface area contributed by atoms with Gasteiger partial charge in [0, 0.05) is 28.3 Å². The van der Waals surface area contributed by atoms with Gasteiger partial charge in [0.2, 0.25) is 10.0 Å². The molecule has 1 atom stereocenters. The normalized spacial score (nSPS) is 18.8. The highest BCUT2D eigenvalue weighted by atomic mass is 35.5. The highest BCUT2D eigenvalue weighted by Gasteiger charge is 2.35. The molecule has 1 heterocycles. The molecule has 0 unspecified atom stereocenters. The van der Waals surface area contributed by atoms with Crippen LogP contribution in [0.4, 0.5) is 0 Å². The Bertz CT molecular complexity index is 789. The number of hydrogen-bond donors (Lipinski definition) is 0. The highest BCUT2D eigenvalue weighted by molar-refractivity contribution is 7.99.